The summed E-state index contributed by atoms with van der Waals surface area (Å²) >= 11 is 0. The monoisotopic (exact) mass is 446 g/mol. The number of ether oxygens (including phenoxy) is 2. The molecule has 2 saturated heterocycles. The molecule has 1 N–H and O–H groups in total. The number of rotatable bonds is 6. The molecule has 2 aliphatic heterocycles. The predicted octanol–water partition coefficient (Wildman–Crippen LogP) is 3.59. The molecule has 0 atom stereocenters. The summed E-state index contributed by atoms with van der Waals surface area (Å²) < 4.78 is 10.8. The summed E-state index contributed by atoms with van der Waals surface area (Å²) in [5.41, 5.74) is -0.505. The van der Waals surface area contributed by atoms with E-state index in [1.165, 1.54) is 0 Å². The largest absolute Gasteiger partial charge is 0.460 e. The Morgan fingerprint density at radius 1 is 1.06 bits per heavy atom. The second kappa shape index (κ2) is 10.7. The van der Waals surface area contributed by atoms with Crippen molar-refractivity contribution in [3.05, 3.63) is 35.9 Å². The quantitative estimate of drug-likeness (QED) is 0.673. The van der Waals surface area contributed by atoms with E-state index < -0.39 is 11.2 Å². The first-order valence-electron chi connectivity index (χ1n) is 11.7. The second-order valence-corrected chi connectivity index (χ2v) is 10.3. The molecule has 0 unspecified atom stereocenters. The lowest BCUT2D eigenvalue weighted by molar-refractivity contribution is -0.162. The Kier molecular flexibility index (Phi) is 8.17. The molecular formula is C25H38N2O5. The zero-order valence-electron chi connectivity index (χ0n) is 19.7. The van der Waals surface area contributed by atoms with Crippen molar-refractivity contribution in [2.24, 2.45) is 5.92 Å². The Morgan fingerprint density at radius 3 is 2.28 bits per heavy atom. The molecule has 1 aromatic carbocycles. The zero-order chi connectivity index (χ0) is 23.2. The highest BCUT2D eigenvalue weighted by Gasteiger charge is 2.36. The summed E-state index contributed by atoms with van der Waals surface area (Å²) in [5, 5.41) is 10.8. The van der Waals surface area contributed by atoms with Gasteiger partial charge in [0.15, 0.2) is 0 Å². The molecule has 0 saturated carbocycles. The molecule has 7 heteroatoms. The Labute approximate surface area is 191 Å². The summed E-state index contributed by atoms with van der Waals surface area (Å²) in [4.78, 5) is 28.6. The number of benzene rings is 1. The van der Waals surface area contributed by atoms with Gasteiger partial charge < -0.3 is 24.4 Å². The number of hydrogen-bond donors (Lipinski definition) is 1. The van der Waals surface area contributed by atoms with Gasteiger partial charge in [-0.15, -0.1) is 0 Å². The molecule has 3 rings (SSSR count). The number of piperidine rings is 2. The van der Waals surface area contributed by atoms with Crippen molar-refractivity contribution < 1.29 is 24.2 Å². The van der Waals surface area contributed by atoms with Crippen molar-refractivity contribution >= 4 is 12.1 Å². The molecule has 2 fully saturated rings. The number of carbonyl (C=O) groups excluding carboxylic acids is 2. The summed E-state index contributed by atoms with van der Waals surface area (Å²) in [6.45, 7) is 9.78. The molecule has 0 aromatic heterocycles. The van der Waals surface area contributed by atoms with Crippen molar-refractivity contribution in [1.82, 2.24) is 9.80 Å². The van der Waals surface area contributed by atoms with E-state index in [0.717, 1.165) is 38.0 Å². The van der Waals surface area contributed by atoms with Crippen LogP contribution in [-0.4, -0.2) is 70.9 Å². The minimum absolute atomic E-state index is 0.0571. The minimum Gasteiger partial charge on any atom is -0.460 e. The average molecular weight is 447 g/mol. The lowest BCUT2D eigenvalue weighted by Crippen LogP contribution is -2.48. The normalized spacial score (nSPS) is 20.1. The minimum atomic E-state index is -0.968. The molecule has 0 bridgehead atoms. The highest BCUT2D eigenvalue weighted by atomic mass is 16.6. The third-order valence-corrected chi connectivity index (χ3v) is 6.27. The van der Waals surface area contributed by atoms with Crippen LogP contribution in [0.1, 0.15) is 58.4 Å². The van der Waals surface area contributed by atoms with Crippen molar-refractivity contribution in [1.29, 1.82) is 0 Å². The van der Waals surface area contributed by atoms with Gasteiger partial charge in [0.1, 0.15) is 12.2 Å². The highest BCUT2D eigenvalue weighted by molar-refractivity contribution is 5.71. The van der Waals surface area contributed by atoms with Gasteiger partial charge in [-0.05, 0) is 57.9 Å². The average Bonchev–Trinajstić information content (AvgIpc) is 2.73. The Morgan fingerprint density at radius 2 is 1.69 bits per heavy atom. The standard InChI is InChI=1S/C25H38N2O5/c1-24(2,3)32-22(28)17-25(30)11-15-26(16-12-25)18-20-9-13-27(14-10-20)23(29)31-19-21-7-5-4-6-8-21/h4-8,20,30H,9-19H2,1-3H3. The van der Waals surface area contributed by atoms with Crippen LogP contribution in [0.3, 0.4) is 0 Å². The molecule has 1 aromatic rings. The fourth-order valence-corrected chi connectivity index (χ4v) is 4.45. The fourth-order valence-electron chi connectivity index (χ4n) is 4.45. The van der Waals surface area contributed by atoms with Crippen molar-refractivity contribution in [3.8, 4) is 0 Å². The smallest absolute Gasteiger partial charge is 0.410 e. The molecule has 2 aliphatic rings. The molecule has 0 radical (unpaired) electrons. The van der Waals surface area contributed by atoms with E-state index in [1.807, 2.05) is 51.1 Å². The van der Waals surface area contributed by atoms with E-state index in [2.05, 4.69) is 4.90 Å². The maximum atomic E-state index is 12.3. The van der Waals surface area contributed by atoms with Crippen LogP contribution < -0.4 is 0 Å². The predicted molar refractivity (Wildman–Crippen MR) is 122 cm³/mol. The zero-order valence-corrected chi connectivity index (χ0v) is 19.7. The van der Waals surface area contributed by atoms with Crippen LogP contribution in [0.5, 0.6) is 0 Å². The van der Waals surface area contributed by atoms with Gasteiger partial charge in [-0.1, -0.05) is 30.3 Å². The van der Waals surface area contributed by atoms with Gasteiger partial charge in [-0.25, -0.2) is 4.79 Å². The van der Waals surface area contributed by atoms with Gasteiger partial charge in [0.2, 0.25) is 0 Å². The molecular weight excluding hydrogens is 408 g/mol. The van der Waals surface area contributed by atoms with E-state index in [0.29, 0.717) is 38.5 Å². The van der Waals surface area contributed by atoms with Gasteiger partial charge >= 0.3 is 12.1 Å². The summed E-state index contributed by atoms with van der Waals surface area (Å²) in [6, 6.07) is 9.72. The molecule has 178 valence electrons. The first kappa shape index (κ1) is 24.5. The highest BCUT2D eigenvalue weighted by Crippen LogP contribution is 2.29. The van der Waals surface area contributed by atoms with Crippen molar-refractivity contribution in [3.63, 3.8) is 0 Å². The summed E-state index contributed by atoms with van der Waals surface area (Å²) in [5.74, 6) is 0.199. The Balaban J connectivity index is 1.34. The number of likely N-dealkylation sites (tertiary alicyclic amines) is 2. The van der Waals surface area contributed by atoms with Gasteiger partial charge in [0.25, 0.3) is 0 Å². The number of esters is 1. The number of nitrogens with zero attached hydrogens (tertiary/aromatic N) is 2. The number of aliphatic hydroxyl groups is 1. The van der Waals surface area contributed by atoms with Crippen LogP contribution >= 0.6 is 0 Å². The van der Waals surface area contributed by atoms with Crippen LogP contribution in [0.2, 0.25) is 0 Å². The number of amides is 1. The summed E-state index contributed by atoms with van der Waals surface area (Å²) in [7, 11) is 0. The second-order valence-electron chi connectivity index (χ2n) is 10.3. The van der Waals surface area contributed by atoms with Crippen LogP contribution in [0.25, 0.3) is 0 Å². The lowest BCUT2D eigenvalue weighted by atomic mass is 9.87. The third kappa shape index (κ3) is 7.78. The van der Waals surface area contributed by atoms with Gasteiger partial charge in [-0.3, -0.25) is 4.79 Å². The molecule has 0 aliphatic carbocycles. The van der Waals surface area contributed by atoms with Crippen LogP contribution in [0.15, 0.2) is 30.3 Å². The van der Waals surface area contributed by atoms with Gasteiger partial charge in [-0.2, -0.15) is 0 Å². The van der Waals surface area contributed by atoms with Crippen molar-refractivity contribution in [2.45, 2.75) is 70.7 Å². The molecule has 2 heterocycles. The first-order chi connectivity index (χ1) is 15.1. The topological polar surface area (TPSA) is 79.3 Å². The lowest BCUT2D eigenvalue weighted by Gasteiger charge is -2.40. The Bertz CT molecular complexity index is 745. The maximum absolute atomic E-state index is 12.3. The van der Waals surface area contributed by atoms with E-state index in [-0.39, 0.29) is 18.5 Å². The third-order valence-electron chi connectivity index (χ3n) is 6.27. The number of hydrogen-bond acceptors (Lipinski definition) is 6. The molecule has 32 heavy (non-hydrogen) atoms. The van der Waals surface area contributed by atoms with E-state index >= 15 is 0 Å². The van der Waals surface area contributed by atoms with Gasteiger partial charge in [0, 0.05) is 32.7 Å². The fraction of sp³-hybridized carbons (Fsp3) is 0.680. The summed E-state index contributed by atoms with van der Waals surface area (Å²) in [6.07, 6.45) is 2.89. The first-order valence-corrected chi connectivity index (χ1v) is 11.7. The molecule has 7 nitrogen and oxygen atoms in total. The van der Waals surface area contributed by atoms with Gasteiger partial charge in [0.05, 0.1) is 12.0 Å². The number of carbonyl (C=O) groups is 2. The van der Waals surface area contributed by atoms with E-state index in [1.54, 1.807) is 4.90 Å². The van der Waals surface area contributed by atoms with Crippen LogP contribution in [0, 0.1) is 5.92 Å². The maximum Gasteiger partial charge on any atom is 0.410 e. The Hall–Kier alpha value is -2.12. The van der Waals surface area contributed by atoms with E-state index in [4.69, 9.17) is 9.47 Å². The SMILES string of the molecule is CC(C)(C)OC(=O)CC1(O)CCN(CC2CCN(C(=O)OCc3ccccc3)CC2)CC1. The van der Waals surface area contributed by atoms with Crippen molar-refractivity contribution in [2.75, 3.05) is 32.7 Å². The van der Waals surface area contributed by atoms with Crippen LogP contribution in [0.4, 0.5) is 4.79 Å². The molecule has 0 spiro atoms. The van der Waals surface area contributed by atoms with E-state index in [9.17, 15) is 14.7 Å². The van der Waals surface area contributed by atoms with Crippen LogP contribution in [-0.2, 0) is 20.9 Å². The molecule has 1 amide bonds.